The summed E-state index contributed by atoms with van der Waals surface area (Å²) in [6, 6.07) is 0.788. The summed E-state index contributed by atoms with van der Waals surface area (Å²) in [7, 11) is 2.08. The highest BCUT2D eigenvalue weighted by atomic mass is 15.3. The standard InChI is InChI=1S/C15H27N5/c1-4-20-7-5-6-14(20)11-19(3)15-17-9-13(10-18-15)8-12(2)16/h9-10,12,14H,4-8,11,16H2,1-3H3. The number of nitrogens with zero attached hydrogens (tertiary/aromatic N) is 4. The van der Waals surface area contributed by atoms with Gasteiger partial charge in [0.2, 0.25) is 5.95 Å². The van der Waals surface area contributed by atoms with Crippen LogP contribution >= 0.6 is 0 Å². The first-order valence-corrected chi connectivity index (χ1v) is 7.61. The summed E-state index contributed by atoms with van der Waals surface area (Å²) in [5, 5.41) is 0. The fourth-order valence-corrected chi connectivity index (χ4v) is 2.94. The molecule has 1 fully saturated rings. The lowest BCUT2D eigenvalue weighted by molar-refractivity contribution is 0.270. The number of likely N-dealkylation sites (tertiary alicyclic amines) is 1. The number of likely N-dealkylation sites (N-methyl/N-ethyl adjacent to an activating group) is 2. The first-order valence-electron chi connectivity index (χ1n) is 7.61. The average molecular weight is 277 g/mol. The smallest absolute Gasteiger partial charge is 0.225 e. The summed E-state index contributed by atoms with van der Waals surface area (Å²) < 4.78 is 0. The molecule has 2 heterocycles. The van der Waals surface area contributed by atoms with Crippen molar-refractivity contribution in [3.63, 3.8) is 0 Å². The monoisotopic (exact) mass is 277 g/mol. The third-order valence-electron chi connectivity index (χ3n) is 3.98. The molecule has 0 aliphatic carbocycles. The van der Waals surface area contributed by atoms with Crippen molar-refractivity contribution in [2.24, 2.45) is 5.73 Å². The van der Waals surface area contributed by atoms with Gasteiger partial charge in [0.25, 0.3) is 0 Å². The van der Waals surface area contributed by atoms with Gasteiger partial charge in [-0.25, -0.2) is 9.97 Å². The molecule has 2 atom stereocenters. The summed E-state index contributed by atoms with van der Waals surface area (Å²) in [5.41, 5.74) is 6.90. The Labute approximate surface area is 122 Å². The van der Waals surface area contributed by atoms with E-state index in [1.807, 2.05) is 19.3 Å². The lowest BCUT2D eigenvalue weighted by Gasteiger charge is -2.27. The lowest BCUT2D eigenvalue weighted by atomic mass is 10.1. The third-order valence-corrected chi connectivity index (χ3v) is 3.98. The van der Waals surface area contributed by atoms with E-state index in [9.17, 15) is 0 Å². The van der Waals surface area contributed by atoms with Gasteiger partial charge in [0.15, 0.2) is 0 Å². The Morgan fingerprint density at radius 3 is 2.75 bits per heavy atom. The molecule has 2 rings (SSSR count). The van der Waals surface area contributed by atoms with Crippen LogP contribution in [0.5, 0.6) is 0 Å². The Morgan fingerprint density at radius 1 is 1.45 bits per heavy atom. The maximum absolute atomic E-state index is 5.79. The third kappa shape index (κ3) is 3.90. The van der Waals surface area contributed by atoms with Crippen LogP contribution in [0.1, 0.15) is 32.3 Å². The number of hydrogen-bond acceptors (Lipinski definition) is 5. The molecule has 5 nitrogen and oxygen atoms in total. The molecule has 0 amide bonds. The minimum absolute atomic E-state index is 0.152. The van der Waals surface area contributed by atoms with Crippen LogP contribution in [-0.4, -0.2) is 53.6 Å². The topological polar surface area (TPSA) is 58.3 Å². The molecule has 1 aliphatic rings. The van der Waals surface area contributed by atoms with Gasteiger partial charge in [-0.3, -0.25) is 4.90 Å². The molecule has 1 aromatic rings. The van der Waals surface area contributed by atoms with E-state index in [0.29, 0.717) is 6.04 Å². The molecular weight excluding hydrogens is 250 g/mol. The van der Waals surface area contributed by atoms with Crippen molar-refractivity contribution in [3.05, 3.63) is 18.0 Å². The molecule has 2 unspecified atom stereocenters. The Morgan fingerprint density at radius 2 is 2.15 bits per heavy atom. The predicted molar refractivity (Wildman–Crippen MR) is 82.9 cm³/mol. The highest BCUT2D eigenvalue weighted by Gasteiger charge is 2.24. The first kappa shape index (κ1) is 15.2. The lowest BCUT2D eigenvalue weighted by Crippen LogP contribution is -2.39. The number of rotatable bonds is 6. The molecular formula is C15H27N5. The molecule has 1 aliphatic heterocycles. The number of anilines is 1. The molecule has 5 heteroatoms. The van der Waals surface area contributed by atoms with E-state index >= 15 is 0 Å². The van der Waals surface area contributed by atoms with Gasteiger partial charge in [-0.05, 0) is 44.8 Å². The van der Waals surface area contributed by atoms with Gasteiger partial charge in [-0.2, -0.15) is 0 Å². The SMILES string of the molecule is CCN1CCCC1CN(C)c1ncc(CC(C)N)cn1. The molecule has 112 valence electrons. The molecule has 0 saturated carbocycles. The molecule has 0 bridgehead atoms. The predicted octanol–water partition coefficient (Wildman–Crippen LogP) is 1.29. The first-order chi connectivity index (χ1) is 9.60. The Balaban J connectivity index is 1.93. The van der Waals surface area contributed by atoms with Gasteiger partial charge >= 0.3 is 0 Å². The molecule has 20 heavy (non-hydrogen) atoms. The van der Waals surface area contributed by atoms with Crippen LogP contribution in [0.3, 0.4) is 0 Å². The van der Waals surface area contributed by atoms with Gasteiger partial charge in [0, 0.05) is 38.1 Å². The summed E-state index contributed by atoms with van der Waals surface area (Å²) in [6.07, 6.45) is 7.21. The second-order valence-electron chi connectivity index (χ2n) is 5.88. The highest BCUT2D eigenvalue weighted by molar-refractivity contribution is 5.29. The second-order valence-corrected chi connectivity index (χ2v) is 5.88. The number of nitrogens with two attached hydrogens (primary N) is 1. The number of hydrogen-bond donors (Lipinski definition) is 1. The number of aromatic nitrogens is 2. The minimum atomic E-state index is 0.152. The molecule has 2 N–H and O–H groups in total. The summed E-state index contributed by atoms with van der Waals surface area (Å²) in [4.78, 5) is 13.6. The Kier molecular flexibility index (Phi) is 5.31. The van der Waals surface area contributed by atoms with Crippen LogP contribution in [0, 0.1) is 0 Å². The highest BCUT2D eigenvalue weighted by Crippen LogP contribution is 2.18. The second kappa shape index (κ2) is 6.99. The summed E-state index contributed by atoms with van der Waals surface area (Å²) in [6.45, 7) is 7.59. The fraction of sp³-hybridized carbons (Fsp3) is 0.733. The zero-order valence-electron chi connectivity index (χ0n) is 12.9. The van der Waals surface area contributed by atoms with E-state index < -0.39 is 0 Å². The largest absolute Gasteiger partial charge is 0.342 e. The van der Waals surface area contributed by atoms with E-state index in [1.165, 1.54) is 19.4 Å². The maximum Gasteiger partial charge on any atom is 0.225 e. The zero-order chi connectivity index (χ0) is 14.5. The van der Waals surface area contributed by atoms with Crippen molar-refractivity contribution in [3.8, 4) is 0 Å². The quantitative estimate of drug-likeness (QED) is 0.849. The van der Waals surface area contributed by atoms with E-state index in [0.717, 1.165) is 31.0 Å². The van der Waals surface area contributed by atoms with E-state index in [2.05, 4.69) is 33.7 Å². The van der Waals surface area contributed by atoms with Crippen LogP contribution in [0.15, 0.2) is 12.4 Å². The normalized spacial score (nSPS) is 21.1. The maximum atomic E-state index is 5.79. The molecule has 1 saturated heterocycles. The van der Waals surface area contributed by atoms with Crippen molar-refractivity contribution in [2.45, 2.75) is 45.2 Å². The van der Waals surface area contributed by atoms with E-state index in [4.69, 9.17) is 5.73 Å². The molecule has 0 aromatic carbocycles. The summed E-state index contributed by atoms with van der Waals surface area (Å²) in [5.74, 6) is 0.807. The van der Waals surface area contributed by atoms with Crippen LogP contribution in [0.4, 0.5) is 5.95 Å². The van der Waals surface area contributed by atoms with Crippen molar-refractivity contribution < 1.29 is 0 Å². The van der Waals surface area contributed by atoms with Gasteiger partial charge in [0.05, 0.1) is 0 Å². The van der Waals surface area contributed by atoms with Gasteiger partial charge in [-0.15, -0.1) is 0 Å². The van der Waals surface area contributed by atoms with Crippen molar-refractivity contribution in [2.75, 3.05) is 31.6 Å². The Hall–Kier alpha value is -1.20. The van der Waals surface area contributed by atoms with Crippen LogP contribution < -0.4 is 10.6 Å². The van der Waals surface area contributed by atoms with Crippen molar-refractivity contribution >= 4 is 5.95 Å². The van der Waals surface area contributed by atoms with Crippen LogP contribution in [0.25, 0.3) is 0 Å². The van der Waals surface area contributed by atoms with Gasteiger partial charge in [-0.1, -0.05) is 6.92 Å². The van der Waals surface area contributed by atoms with Crippen molar-refractivity contribution in [1.82, 2.24) is 14.9 Å². The molecule has 0 radical (unpaired) electrons. The average Bonchev–Trinajstić information content (AvgIpc) is 2.86. The molecule has 0 spiro atoms. The van der Waals surface area contributed by atoms with Gasteiger partial charge < -0.3 is 10.6 Å². The van der Waals surface area contributed by atoms with Crippen LogP contribution in [0.2, 0.25) is 0 Å². The zero-order valence-corrected chi connectivity index (χ0v) is 12.9. The van der Waals surface area contributed by atoms with E-state index in [-0.39, 0.29) is 6.04 Å². The van der Waals surface area contributed by atoms with Crippen LogP contribution in [-0.2, 0) is 6.42 Å². The summed E-state index contributed by atoms with van der Waals surface area (Å²) >= 11 is 0. The Bertz CT molecular complexity index is 403. The van der Waals surface area contributed by atoms with Gasteiger partial charge in [0.1, 0.15) is 0 Å². The minimum Gasteiger partial charge on any atom is -0.342 e. The van der Waals surface area contributed by atoms with E-state index in [1.54, 1.807) is 0 Å². The fourth-order valence-electron chi connectivity index (χ4n) is 2.94. The van der Waals surface area contributed by atoms with Crippen molar-refractivity contribution in [1.29, 1.82) is 0 Å². The molecule has 1 aromatic heterocycles.